The van der Waals surface area contributed by atoms with Gasteiger partial charge >= 0.3 is 0 Å². The van der Waals surface area contributed by atoms with Crippen molar-refractivity contribution in [2.24, 2.45) is 0 Å². The summed E-state index contributed by atoms with van der Waals surface area (Å²) in [5.41, 5.74) is 1.18. The van der Waals surface area contributed by atoms with Gasteiger partial charge in [-0.2, -0.15) is 0 Å². The fourth-order valence-electron chi connectivity index (χ4n) is 0.938. The zero-order valence-corrected chi connectivity index (χ0v) is 8.45. The standard InChI is InChI=1S/C10H15NS/c1-3-8-12-10-6-4-9(11-2)5-7-10/h4-7,11H,3,8H2,1-2H3. The van der Waals surface area contributed by atoms with Crippen LogP contribution in [0.4, 0.5) is 5.69 Å². The quantitative estimate of drug-likeness (QED) is 0.716. The topological polar surface area (TPSA) is 12.0 Å². The van der Waals surface area contributed by atoms with Crippen molar-refractivity contribution in [2.45, 2.75) is 18.2 Å². The van der Waals surface area contributed by atoms with E-state index in [0.29, 0.717) is 0 Å². The van der Waals surface area contributed by atoms with E-state index in [1.54, 1.807) is 0 Å². The van der Waals surface area contributed by atoms with Gasteiger partial charge in [0.25, 0.3) is 0 Å². The third-order valence-corrected chi connectivity index (χ3v) is 2.83. The van der Waals surface area contributed by atoms with Crippen LogP contribution in [0.1, 0.15) is 13.3 Å². The molecule has 12 heavy (non-hydrogen) atoms. The summed E-state index contributed by atoms with van der Waals surface area (Å²) in [5.74, 6) is 1.21. The van der Waals surface area contributed by atoms with Crippen molar-refractivity contribution >= 4 is 17.4 Å². The molecule has 0 saturated heterocycles. The van der Waals surface area contributed by atoms with Crippen LogP contribution in [0.5, 0.6) is 0 Å². The molecule has 0 aliphatic heterocycles. The van der Waals surface area contributed by atoms with Crippen molar-refractivity contribution < 1.29 is 0 Å². The number of hydrogen-bond acceptors (Lipinski definition) is 2. The molecule has 0 fully saturated rings. The predicted molar refractivity (Wildman–Crippen MR) is 57.0 cm³/mol. The molecule has 0 aromatic heterocycles. The molecule has 1 nitrogen and oxygen atoms in total. The molecule has 1 rings (SSSR count). The minimum atomic E-state index is 1.18. The lowest BCUT2D eigenvalue weighted by atomic mass is 10.3. The maximum atomic E-state index is 3.10. The molecule has 66 valence electrons. The first kappa shape index (κ1) is 9.46. The molecule has 0 bridgehead atoms. The SMILES string of the molecule is CCCSc1ccc(NC)cc1. The Balaban J connectivity index is 2.53. The molecular weight excluding hydrogens is 166 g/mol. The molecule has 0 saturated carbocycles. The lowest BCUT2D eigenvalue weighted by Crippen LogP contribution is -1.86. The van der Waals surface area contributed by atoms with Crippen molar-refractivity contribution in [3.8, 4) is 0 Å². The molecule has 1 aromatic rings. The zero-order valence-electron chi connectivity index (χ0n) is 7.63. The molecule has 0 spiro atoms. The van der Waals surface area contributed by atoms with E-state index in [2.05, 4.69) is 36.5 Å². The monoisotopic (exact) mass is 181 g/mol. The molecule has 2 heteroatoms. The molecule has 0 atom stereocenters. The van der Waals surface area contributed by atoms with Crippen LogP contribution >= 0.6 is 11.8 Å². The minimum absolute atomic E-state index is 1.18. The highest BCUT2D eigenvalue weighted by Crippen LogP contribution is 2.20. The Hall–Kier alpha value is -0.630. The minimum Gasteiger partial charge on any atom is -0.388 e. The first-order valence-corrected chi connectivity index (χ1v) is 5.26. The number of benzene rings is 1. The van der Waals surface area contributed by atoms with Crippen molar-refractivity contribution in [1.29, 1.82) is 0 Å². The van der Waals surface area contributed by atoms with Crippen molar-refractivity contribution in [2.75, 3.05) is 18.1 Å². The summed E-state index contributed by atoms with van der Waals surface area (Å²) in [6.07, 6.45) is 1.23. The van der Waals surface area contributed by atoms with Gasteiger partial charge in [0, 0.05) is 17.6 Å². The van der Waals surface area contributed by atoms with Gasteiger partial charge < -0.3 is 5.32 Å². The fourth-order valence-corrected chi connectivity index (χ4v) is 1.71. The third kappa shape index (κ3) is 2.78. The lowest BCUT2D eigenvalue weighted by molar-refractivity contribution is 1.10. The van der Waals surface area contributed by atoms with Gasteiger partial charge in [-0.15, -0.1) is 11.8 Å². The summed E-state index contributed by atoms with van der Waals surface area (Å²) in [5, 5.41) is 3.10. The summed E-state index contributed by atoms with van der Waals surface area (Å²) in [6.45, 7) is 2.20. The van der Waals surface area contributed by atoms with Gasteiger partial charge in [-0.05, 0) is 36.4 Å². The molecule has 0 amide bonds. The third-order valence-electron chi connectivity index (χ3n) is 1.62. The largest absolute Gasteiger partial charge is 0.388 e. The Morgan fingerprint density at radius 3 is 2.42 bits per heavy atom. The second-order valence-corrected chi connectivity index (χ2v) is 3.79. The van der Waals surface area contributed by atoms with Gasteiger partial charge in [0.05, 0.1) is 0 Å². The van der Waals surface area contributed by atoms with Crippen LogP contribution < -0.4 is 5.32 Å². The van der Waals surface area contributed by atoms with Gasteiger partial charge in [0.2, 0.25) is 0 Å². The van der Waals surface area contributed by atoms with E-state index >= 15 is 0 Å². The molecule has 0 unspecified atom stereocenters. The van der Waals surface area contributed by atoms with Gasteiger partial charge in [0.15, 0.2) is 0 Å². The van der Waals surface area contributed by atoms with Crippen LogP contribution in [-0.4, -0.2) is 12.8 Å². The van der Waals surface area contributed by atoms with E-state index in [-0.39, 0.29) is 0 Å². The Kier molecular flexibility index (Phi) is 4.01. The second-order valence-electron chi connectivity index (χ2n) is 2.62. The molecule has 0 heterocycles. The van der Waals surface area contributed by atoms with E-state index in [0.717, 1.165) is 0 Å². The Bertz CT molecular complexity index is 218. The van der Waals surface area contributed by atoms with Crippen LogP contribution in [0.15, 0.2) is 29.2 Å². The maximum absolute atomic E-state index is 3.10. The number of nitrogens with one attached hydrogen (secondary N) is 1. The first-order valence-electron chi connectivity index (χ1n) is 4.27. The molecular formula is C10H15NS. The summed E-state index contributed by atoms with van der Waals surface area (Å²) < 4.78 is 0. The fraction of sp³-hybridized carbons (Fsp3) is 0.400. The van der Waals surface area contributed by atoms with Gasteiger partial charge in [-0.3, -0.25) is 0 Å². The van der Waals surface area contributed by atoms with E-state index in [9.17, 15) is 0 Å². The summed E-state index contributed by atoms with van der Waals surface area (Å²) in [7, 11) is 1.94. The van der Waals surface area contributed by atoms with Gasteiger partial charge in [0.1, 0.15) is 0 Å². The Morgan fingerprint density at radius 2 is 1.92 bits per heavy atom. The maximum Gasteiger partial charge on any atom is 0.0338 e. The van der Waals surface area contributed by atoms with E-state index in [1.807, 2.05) is 18.8 Å². The number of thioether (sulfide) groups is 1. The second kappa shape index (κ2) is 5.09. The van der Waals surface area contributed by atoms with Crippen LogP contribution in [0, 0.1) is 0 Å². The van der Waals surface area contributed by atoms with Crippen LogP contribution in [0.25, 0.3) is 0 Å². The van der Waals surface area contributed by atoms with Crippen molar-refractivity contribution in [3.05, 3.63) is 24.3 Å². The highest BCUT2D eigenvalue weighted by Gasteiger charge is 1.92. The summed E-state index contributed by atoms with van der Waals surface area (Å²) >= 11 is 1.91. The van der Waals surface area contributed by atoms with Crippen molar-refractivity contribution in [3.63, 3.8) is 0 Å². The number of hydrogen-bond donors (Lipinski definition) is 1. The zero-order chi connectivity index (χ0) is 8.81. The molecule has 1 N–H and O–H groups in total. The average molecular weight is 181 g/mol. The van der Waals surface area contributed by atoms with E-state index in [4.69, 9.17) is 0 Å². The van der Waals surface area contributed by atoms with Crippen molar-refractivity contribution in [1.82, 2.24) is 0 Å². The highest BCUT2D eigenvalue weighted by atomic mass is 32.2. The normalized spacial score (nSPS) is 9.83. The molecule has 1 aromatic carbocycles. The van der Waals surface area contributed by atoms with Gasteiger partial charge in [-0.25, -0.2) is 0 Å². The van der Waals surface area contributed by atoms with E-state index < -0.39 is 0 Å². The van der Waals surface area contributed by atoms with Crippen LogP contribution in [-0.2, 0) is 0 Å². The van der Waals surface area contributed by atoms with Crippen LogP contribution in [0.2, 0.25) is 0 Å². The highest BCUT2D eigenvalue weighted by molar-refractivity contribution is 7.99. The number of rotatable bonds is 4. The molecule has 0 aliphatic rings. The predicted octanol–water partition coefficient (Wildman–Crippen LogP) is 3.23. The molecule has 0 aliphatic carbocycles. The summed E-state index contributed by atoms with van der Waals surface area (Å²) in [6, 6.07) is 8.54. The summed E-state index contributed by atoms with van der Waals surface area (Å²) in [4.78, 5) is 1.36. The Labute approximate surface area is 78.6 Å². The number of anilines is 1. The van der Waals surface area contributed by atoms with Gasteiger partial charge in [-0.1, -0.05) is 6.92 Å². The van der Waals surface area contributed by atoms with Crippen LogP contribution in [0.3, 0.4) is 0 Å². The molecule has 0 radical (unpaired) electrons. The van der Waals surface area contributed by atoms with E-state index in [1.165, 1.54) is 22.8 Å². The average Bonchev–Trinajstić information content (AvgIpc) is 2.15. The first-order chi connectivity index (χ1) is 5.86. The lowest BCUT2D eigenvalue weighted by Gasteiger charge is -2.01. The Morgan fingerprint density at radius 1 is 1.25 bits per heavy atom. The smallest absolute Gasteiger partial charge is 0.0338 e.